The largest absolute Gasteiger partial charge is 0.372 e. The zero-order valence-corrected chi connectivity index (χ0v) is 16.1. The number of hydrogen-bond donors (Lipinski definition) is 1. The molecule has 146 valence electrons. The molecule has 2 heterocycles. The predicted molar refractivity (Wildman–Crippen MR) is 107 cm³/mol. The summed E-state index contributed by atoms with van der Waals surface area (Å²) in [7, 11) is -3.70. The third-order valence-electron chi connectivity index (χ3n) is 5.07. The monoisotopic (exact) mass is 399 g/mol. The zero-order valence-electron chi connectivity index (χ0n) is 15.3. The van der Waals surface area contributed by atoms with E-state index in [1.165, 1.54) is 12.8 Å². The van der Waals surface area contributed by atoms with Gasteiger partial charge in [-0.1, -0.05) is 12.1 Å². The standard InChI is InChI=1S/C20H21N3O4S/c24-19-17-5-1-2-6-18(17)20(25)23(19)13-14-28(26,27)21-15-7-9-16(10-8-15)22-11-3-4-12-22/h1-2,5-10,21H,3-4,11-14H2. The van der Waals surface area contributed by atoms with Crippen LogP contribution >= 0.6 is 0 Å². The van der Waals surface area contributed by atoms with Crippen LogP contribution in [0.25, 0.3) is 0 Å². The Morgan fingerprint density at radius 2 is 1.43 bits per heavy atom. The van der Waals surface area contributed by atoms with Gasteiger partial charge >= 0.3 is 0 Å². The van der Waals surface area contributed by atoms with Crippen molar-refractivity contribution in [3.63, 3.8) is 0 Å². The van der Waals surface area contributed by atoms with Gasteiger partial charge in [-0.25, -0.2) is 8.42 Å². The minimum atomic E-state index is -3.70. The van der Waals surface area contributed by atoms with Crippen LogP contribution < -0.4 is 9.62 Å². The van der Waals surface area contributed by atoms with Crippen LogP contribution in [0.2, 0.25) is 0 Å². The first-order valence-corrected chi connectivity index (χ1v) is 10.9. The lowest BCUT2D eigenvalue weighted by atomic mass is 10.1. The van der Waals surface area contributed by atoms with Gasteiger partial charge in [-0.05, 0) is 49.2 Å². The summed E-state index contributed by atoms with van der Waals surface area (Å²) in [5.41, 5.74) is 2.17. The molecule has 0 radical (unpaired) electrons. The summed E-state index contributed by atoms with van der Waals surface area (Å²) >= 11 is 0. The molecule has 7 nitrogen and oxygen atoms in total. The van der Waals surface area contributed by atoms with Gasteiger partial charge in [0.15, 0.2) is 0 Å². The predicted octanol–water partition coefficient (Wildman–Crippen LogP) is 2.32. The minimum Gasteiger partial charge on any atom is -0.372 e. The highest BCUT2D eigenvalue weighted by Gasteiger charge is 2.35. The molecular weight excluding hydrogens is 378 g/mol. The Balaban J connectivity index is 1.38. The van der Waals surface area contributed by atoms with E-state index in [1.807, 2.05) is 12.1 Å². The maximum absolute atomic E-state index is 12.4. The van der Waals surface area contributed by atoms with Crippen molar-refractivity contribution < 1.29 is 18.0 Å². The quantitative estimate of drug-likeness (QED) is 0.754. The second-order valence-electron chi connectivity index (χ2n) is 6.97. The van der Waals surface area contributed by atoms with E-state index in [0.29, 0.717) is 16.8 Å². The molecule has 1 N–H and O–H groups in total. The van der Waals surface area contributed by atoms with Crippen molar-refractivity contribution in [2.75, 3.05) is 35.0 Å². The van der Waals surface area contributed by atoms with Crippen LogP contribution in [-0.2, 0) is 10.0 Å². The number of imide groups is 1. The number of carbonyl (C=O) groups is 2. The Hall–Kier alpha value is -2.87. The molecule has 28 heavy (non-hydrogen) atoms. The Labute approximate surface area is 164 Å². The Morgan fingerprint density at radius 3 is 2.00 bits per heavy atom. The number of hydrogen-bond acceptors (Lipinski definition) is 5. The van der Waals surface area contributed by atoms with Crippen molar-refractivity contribution in [3.8, 4) is 0 Å². The second kappa shape index (κ2) is 7.27. The number of carbonyl (C=O) groups excluding carboxylic acids is 2. The van der Waals surface area contributed by atoms with Crippen molar-refractivity contribution in [2.24, 2.45) is 0 Å². The second-order valence-corrected chi connectivity index (χ2v) is 8.81. The van der Waals surface area contributed by atoms with Gasteiger partial charge in [0.2, 0.25) is 10.0 Å². The first-order chi connectivity index (χ1) is 13.4. The number of anilines is 2. The summed E-state index contributed by atoms with van der Waals surface area (Å²) in [5.74, 6) is -1.26. The number of sulfonamides is 1. The summed E-state index contributed by atoms with van der Waals surface area (Å²) in [6.07, 6.45) is 2.35. The number of fused-ring (bicyclic) bond motifs is 1. The van der Waals surface area contributed by atoms with Gasteiger partial charge in [0.05, 0.1) is 16.9 Å². The molecule has 1 fully saturated rings. The minimum absolute atomic E-state index is 0.187. The molecule has 0 spiro atoms. The van der Waals surface area contributed by atoms with Gasteiger partial charge in [-0.2, -0.15) is 0 Å². The van der Waals surface area contributed by atoms with E-state index in [9.17, 15) is 18.0 Å². The molecule has 8 heteroatoms. The molecule has 2 aliphatic rings. The molecule has 2 amide bonds. The Bertz CT molecular complexity index is 977. The molecule has 1 saturated heterocycles. The summed E-state index contributed by atoms with van der Waals surface area (Å²) in [4.78, 5) is 27.9. The number of amides is 2. The average Bonchev–Trinajstić information content (AvgIpc) is 3.30. The maximum atomic E-state index is 12.4. The van der Waals surface area contributed by atoms with Crippen molar-refractivity contribution in [3.05, 3.63) is 59.7 Å². The van der Waals surface area contributed by atoms with Gasteiger partial charge < -0.3 is 4.90 Å². The molecular formula is C20H21N3O4S. The fourth-order valence-electron chi connectivity index (χ4n) is 3.60. The highest BCUT2D eigenvalue weighted by atomic mass is 32.2. The van der Waals surface area contributed by atoms with Gasteiger partial charge in [-0.15, -0.1) is 0 Å². The van der Waals surface area contributed by atoms with E-state index in [0.717, 1.165) is 23.7 Å². The van der Waals surface area contributed by atoms with Crippen LogP contribution in [0, 0.1) is 0 Å². The van der Waals surface area contributed by atoms with Crippen molar-refractivity contribution in [2.45, 2.75) is 12.8 Å². The van der Waals surface area contributed by atoms with Gasteiger partial charge in [-0.3, -0.25) is 19.2 Å². The molecule has 2 aromatic rings. The lowest BCUT2D eigenvalue weighted by molar-refractivity contribution is 0.0664. The third-order valence-corrected chi connectivity index (χ3v) is 6.34. The highest BCUT2D eigenvalue weighted by Crippen LogP contribution is 2.24. The molecule has 0 bridgehead atoms. The molecule has 0 aliphatic carbocycles. The number of nitrogens with zero attached hydrogens (tertiary/aromatic N) is 2. The number of rotatable bonds is 6. The highest BCUT2D eigenvalue weighted by molar-refractivity contribution is 7.92. The molecule has 2 aromatic carbocycles. The van der Waals surface area contributed by atoms with Crippen LogP contribution in [0.3, 0.4) is 0 Å². The Kier molecular flexibility index (Phi) is 4.80. The molecule has 0 atom stereocenters. The van der Waals surface area contributed by atoms with E-state index < -0.39 is 21.8 Å². The van der Waals surface area contributed by atoms with Crippen LogP contribution in [0.5, 0.6) is 0 Å². The molecule has 0 saturated carbocycles. The molecule has 0 unspecified atom stereocenters. The van der Waals surface area contributed by atoms with Gasteiger partial charge in [0.25, 0.3) is 11.8 Å². The Morgan fingerprint density at radius 1 is 0.857 bits per heavy atom. The lowest BCUT2D eigenvalue weighted by Crippen LogP contribution is -2.35. The van der Waals surface area contributed by atoms with Gasteiger partial charge in [0, 0.05) is 31.0 Å². The van der Waals surface area contributed by atoms with Crippen LogP contribution in [0.1, 0.15) is 33.6 Å². The number of benzene rings is 2. The van der Waals surface area contributed by atoms with E-state index in [4.69, 9.17) is 0 Å². The van der Waals surface area contributed by atoms with E-state index >= 15 is 0 Å². The summed E-state index contributed by atoms with van der Waals surface area (Å²) in [5, 5.41) is 0. The SMILES string of the molecule is O=C1c2ccccc2C(=O)N1CCS(=O)(=O)Nc1ccc(N2CCCC2)cc1. The third kappa shape index (κ3) is 3.60. The van der Waals surface area contributed by atoms with Gasteiger partial charge in [0.1, 0.15) is 0 Å². The van der Waals surface area contributed by atoms with Crippen molar-refractivity contribution in [1.29, 1.82) is 0 Å². The van der Waals surface area contributed by atoms with E-state index in [1.54, 1.807) is 36.4 Å². The number of nitrogens with one attached hydrogen (secondary N) is 1. The lowest BCUT2D eigenvalue weighted by Gasteiger charge is -2.18. The normalized spacial score (nSPS) is 16.6. The summed E-state index contributed by atoms with van der Waals surface area (Å²) in [6.45, 7) is 1.85. The van der Waals surface area contributed by atoms with Crippen molar-refractivity contribution >= 4 is 33.2 Å². The first-order valence-electron chi connectivity index (χ1n) is 9.25. The molecule has 0 aromatic heterocycles. The summed E-state index contributed by atoms with van der Waals surface area (Å²) in [6, 6.07) is 13.8. The van der Waals surface area contributed by atoms with Crippen LogP contribution in [-0.4, -0.2) is 50.5 Å². The first kappa shape index (κ1) is 18.5. The fourth-order valence-corrected chi connectivity index (χ4v) is 4.62. The van der Waals surface area contributed by atoms with Crippen molar-refractivity contribution in [1.82, 2.24) is 4.90 Å². The summed E-state index contributed by atoms with van der Waals surface area (Å²) < 4.78 is 27.3. The fraction of sp³-hybridized carbons (Fsp3) is 0.300. The van der Waals surface area contributed by atoms with E-state index in [-0.39, 0.29) is 12.3 Å². The topological polar surface area (TPSA) is 86.8 Å². The zero-order chi connectivity index (χ0) is 19.7. The molecule has 2 aliphatic heterocycles. The van der Waals surface area contributed by atoms with Crippen LogP contribution in [0.4, 0.5) is 11.4 Å². The molecule has 4 rings (SSSR count). The maximum Gasteiger partial charge on any atom is 0.261 e. The average molecular weight is 399 g/mol. The van der Waals surface area contributed by atoms with Crippen LogP contribution in [0.15, 0.2) is 48.5 Å². The smallest absolute Gasteiger partial charge is 0.261 e. The van der Waals surface area contributed by atoms with E-state index in [2.05, 4.69) is 9.62 Å².